The Balaban J connectivity index is 1.91. The molecule has 0 N–H and O–H groups in total. The van der Waals surface area contributed by atoms with Gasteiger partial charge in [0.25, 0.3) is 0 Å². The van der Waals surface area contributed by atoms with Crippen LogP contribution in [0.2, 0.25) is 5.02 Å². The molecule has 2 aliphatic rings. The van der Waals surface area contributed by atoms with Crippen molar-refractivity contribution < 1.29 is 9.59 Å². The summed E-state index contributed by atoms with van der Waals surface area (Å²) in [6, 6.07) is 5.40. The second-order valence-electron chi connectivity index (χ2n) is 5.78. The van der Waals surface area contributed by atoms with Gasteiger partial charge >= 0.3 is 0 Å². The highest BCUT2D eigenvalue weighted by Crippen LogP contribution is 2.48. The quantitative estimate of drug-likeness (QED) is 0.522. The van der Waals surface area contributed by atoms with Crippen LogP contribution in [-0.4, -0.2) is 11.8 Å². The normalized spacial score (nSPS) is 21.8. The van der Waals surface area contributed by atoms with E-state index >= 15 is 0 Å². The Hall–Kier alpha value is -0.620. The number of carbonyl (C=O) groups excluding carboxylic acids is 2. The zero-order valence-corrected chi connectivity index (χ0v) is 13.9. The molecule has 0 bridgehead atoms. The topological polar surface area (TPSA) is 37.4 Å². The molecular formula is C15H15ClINO2. The van der Waals surface area contributed by atoms with Crippen LogP contribution >= 0.6 is 34.2 Å². The summed E-state index contributed by atoms with van der Waals surface area (Å²) in [5.41, 5.74) is 0.454. The monoisotopic (exact) mass is 403 g/mol. The average Bonchev–Trinajstić information content (AvgIpc) is 2.79. The predicted molar refractivity (Wildman–Crippen MR) is 86.8 cm³/mol. The third kappa shape index (κ3) is 2.48. The van der Waals surface area contributed by atoms with Crippen LogP contribution in [-0.2, 0) is 9.59 Å². The van der Waals surface area contributed by atoms with Gasteiger partial charge in [-0.15, -0.1) is 0 Å². The zero-order valence-electron chi connectivity index (χ0n) is 11.0. The number of halogens is 2. The molecular weight excluding hydrogens is 389 g/mol. The molecule has 1 saturated carbocycles. The van der Waals surface area contributed by atoms with Crippen LogP contribution in [0.1, 0.15) is 38.5 Å². The first-order valence-corrected chi connectivity index (χ1v) is 8.27. The molecule has 2 amide bonds. The van der Waals surface area contributed by atoms with E-state index in [1.807, 2.05) is 6.07 Å². The Kier molecular flexibility index (Phi) is 3.79. The minimum absolute atomic E-state index is 0.0691. The van der Waals surface area contributed by atoms with Crippen LogP contribution in [0.4, 0.5) is 5.69 Å². The number of rotatable bonds is 1. The molecule has 0 radical (unpaired) electrons. The number of carbonyl (C=O) groups is 2. The van der Waals surface area contributed by atoms with Crippen molar-refractivity contribution in [2.45, 2.75) is 38.5 Å². The van der Waals surface area contributed by atoms with E-state index in [1.165, 1.54) is 4.90 Å². The number of nitrogens with zero attached hydrogens (tertiary/aromatic N) is 1. The number of imide groups is 1. The third-order valence-corrected chi connectivity index (χ3v) is 5.34. The number of amides is 2. The SMILES string of the molecule is O=C1CC2(CCCC2)CC(=O)N1c1ccc(I)cc1Cl. The van der Waals surface area contributed by atoms with Gasteiger partial charge in [-0.3, -0.25) is 9.59 Å². The molecule has 1 saturated heterocycles. The van der Waals surface area contributed by atoms with E-state index in [9.17, 15) is 9.59 Å². The lowest BCUT2D eigenvalue weighted by Crippen LogP contribution is -2.47. The lowest BCUT2D eigenvalue weighted by Gasteiger charge is -2.37. The van der Waals surface area contributed by atoms with Gasteiger partial charge in [0.1, 0.15) is 0 Å². The van der Waals surface area contributed by atoms with Crippen LogP contribution in [0.3, 0.4) is 0 Å². The van der Waals surface area contributed by atoms with Gasteiger partial charge in [-0.1, -0.05) is 24.4 Å². The van der Waals surface area contributed by atoms with Crippen LogP contribution in [0.5, 0.6) is 0 Å². The maximum Gasteiger partial charge on any atom is 0.234 e. The number of hydrogen-bond acceptors (Lipinski definition) is 2. The molecule has 2 fully saturated rings. The summed E-state index contributed by atoms with van der Waals surface area (Å²) in [5.74, 6) is -0.211. The largest absolute Gasteiger partial charge is 0.274 e. The number of benzene rings is 1. The summed E-state index contributed by atoms with van der Waals surface area (Å²) >= 11 is 8.35. The molecule has 3 nitrogen and oxygen atoms in total. The van der Waals surface area contributed by atoms with Crippen molar-refractivity contribution in [1.82, 2.24) is 0 Å². The second-order valence-corrected chi connectivity index (χ2v) is 7.43. The summed E-state index contributed by atoms with van der Waals surface area (Å²) < 4.78 is 0.987. The summed E-state index contributed by atoms with van der Waals surface area (Å²) in [4.78, 5) is 26.2. The molecule has 0 aromatic heterocycles. The Morgan fingerprint density at radius 2 is 1.70 bits per heavy atom. The van der Waals surface area contributed by atoms with Crippen LogP contribution < -0.4 is 4.90 Å². The molecule has 20 heavy (non-hydrogen) atoms. The molecule has 1 aromatic rings. The lowest BCUT2D eigenvalue weighted by molar-refractivity contribution is -0.133. The number of anilines is 1. The fourth-order valence-corrected chi connectivity index (χ4v) is 4.35. The van der Waals surface area contributed by atoms with Gasteiger partial charge in [0.15, 0.2) is 0 Å². The van der Waals surface area contributed by atoms with Gasteiger partial charge in [-0.25, -0.2) is 4.90 Å². The van der Waals surface area contributed by atoms with E-state index in [2.05, 4.69) is 22.6 Å². The van der Waals surface area contributed by atoms with E-state index in [0.29, 0.717) is 23.6 Å². The molecule has 0 atom stereocenters. The standard InChI is InChI=1S/C15H15ClINO2/c16-11-7-10(17)3-4-12(11)18-13(19)8-15(9-14(18)20)5-1-2-6-15/h3-4,7H,1-2,5-6,8-9H2. The Morgan fingerprint density at radius 1 is 1.10 bits per heavy atom. The van der Waals surface area contributed by atoms with E-state index in [0.717, 1.165) is 29.3 Å². The van der Waals surface area contributed by atoms with E-state index in [-0.39, 0.29) is 17.2 Å². The molecule has 1 aliphatic carbocycles. The molecule has 3 rings (SSSR count). The van der Waals surface area contributed by atoms with Crippen molar-refractivity contribution in [3.63, 3.8) is 0 Å². The van der Waals surface area contributed by atoms with Crippen molar-refractivity contribution in [3.05, 3.63) is 26.8 Å². The van der Waals surface area contributed by atoms with E-state index < -0.39 is 0 Å². The fourth-order valence-electron chi connectivity index (χ4n) is 3.41. The number of piperidine rings is 1. The average molecular weight is 404 g/mol. The van der Waals surface area contributed by atoms with Gasteiger partial charge < -0.3 is 0 Å². The highest BCUT2D eigenvalue weighted by molar-refractivity contribution is 14.1. The molecule has 1 heterocycles. The van der Waals surface area contributed by atoms with Gasteiger partial charge in [-0.2, -0.15) is 0 Å². The first-order valence-electron chi connectivity index (χ1n) is 6.82. The smallest absolute Gasteiger partial charge is 0.234 e. The summed E-state index contributed by atoms with van der Waals surface area (Å²) in [6.45, 7) is 0. The zero-order chi connectivity index (χ0) is 14.3. The molecule has 1 spiro atoms. The maximum absolute atomic E-state index is 12.4. The van der Waals surface area contributed by atoms with Crippen molar-refractivity contribution in [3.8, 4) is 0 Å². The molecule has 0 unspecified atom stereocenters. The van der Waals surface area contributed by atoms with Crippen LogP contribution in [0.15, 0.2) is 18.2 Å². The van der Waals surface area contributed by atoms with Crippen LogP contribution in [0, 0.1) is 8.99 Å². The molecule has 1 aliphatic heterocycles. The highest BCUT2D eigenvalue weighted by Gasteiger charge is 2.45. The Morgan fingerprint density at radius 3 is 2.25 bits per heavy atom. The molecule has 106 valence electrons. The van der Waals surface area contributed by atoms with Crippen LogP contribution in [0.25, 0.3) is 0 Å². The van der Waals surface area contributed by atoms with Gasteiger partial charge in [0.05, 0.1) is 10.7 Å². The van der Waals surface area contributed by atoms with Crippen molar-refractivity contribution in [2.24, 2.45) is 5.41 Å². The number of hydrogen-bond donors (Lipinski definition) is 0. The Labute approximate surface area is 136 Å². The second kappa shape index (κ2) is 5.30. The minimum Gasteiger partial charge on any atom is -0.274 e. The molecule has 1 aromatic carbocycles. The predicted octanol–water partition coefficient (Wildman–Crippen LogP) is 4.16. The van der Waals surface area contributed by atoms with E-state index in [1.54, 1.807) is 12.1 Å². The lowest BCUT2D eigenvalue weighted by atomic mass is 9.76. The summed E-state index contributed by atoms with van der Waals surface area (Å²) in [7, 11) is 0. The van der Waals surface area contributed by atoms with Gasteiger partial charge in [0, 0.05) is 16.4 Å². The van der Waals surface area contributed by atoms with Crippen molar-refractivity contribution >= 4 is 51.7 Å². The van der Waals surface area contributed by atoms with E-state index in [4.69, 9.17) is 11.6 Å². The Bertz CT molecular complexity index is 561. The van der Waals surface area contributed by atoms with Gasteiger partial charge in [0.2, 0.25) is 11.8 Å². The first-order chi connectivity index (χ1) is 9.51. The maximum atomic E-state index is 12.4. The molecule has 5 heteroatoms. The third-order valence-electron chi connectivity index (χ3n) is 4.37. The van der Waals surface area contributed by atoms with Crippen molar-refractivity contribution in [2.75, 3.05) is 4.90 Å². The fraction of sp³-hybridized carbons (Fsp3) is 0.467. The minimum atomic E-state index is -0.105. The highest BCUT2D eigenvalue weighted by atomic mass is 127. The van der Waals surface area contributed by atoms with Crippen molar-refractivity contribution in [1.29, 1.82) is 0 Å². The summed E-state index contributed by atoms with van der Waals surface area (Å²) in [6.07, 6.45) is 5.20. The van der Waals surface area contributed by atoms with Gasteiger partial charge in [-0.05, 0) is 59.0 Å². The summed E-state index contributed by atoms with van der Waals surface area (Å²) in [5, 5.41) is 0.459. The first kappa shape index (κ1) is 14.3.